The van der Waals surface area contributed by atoms with E-state index in [-0.39, 0.29) is 30.2 Å². The van der Waals surface area contributed by atoms with Gasteiger partial charge in [-0.05, 0) is 66.9 Å². The molecule has 0 radical (unpaired) electrons. The number of amides is 2. The van der Waals surface area contributed by atoms with Gasteiger partial charge in [-0.1, -0.05) is 24.3 Å². The summed E-state index contributed by atoms with van der Waals surface area (Å²) in [7, 11) is 0. The minimum Gasteiger partial charge on any atom is -0.491 e. The average molecular weight is 475 g/mol. The molecule has 0 aromatic heterocycles. The van der Waals surface area contributed by atoms with Crippen LogP contribution < -0.4 is 14.4 Å². The summed E-state index contributed by atoms with van der Waals surface area (Å²) in [5.74, 6) is 0.903. The summed E-state index contributed by atoms with van der Waals surface area (Å²) < 4.78 is 24.5. The lowest BCUT2D eigenvalue weighted by Gasteiger charge is -2.24. The topological polar surface area (TPSA) is 59.1 Å². The third-order valence-electron chi connectivity index (χ3n) is 6.23. The van der Waals surface area contributed by atoms with E-state index >= 15 is 0 Å². The molecule has 1 aliphatic carbocycles. The molecule has 3 aromatic carbocycles. The number of carbonyl (C=O) groups is 2. The van der Waals surface area contributed by atoms with Gasteiger partial charge in [-0.3, -0.25) is 9.59 Å². The summed E-state index contributed by atoms with van der Waals surface area (Å²) in [6, 6.07) is 21.2. The minimum atomic E-state index is -0.356. The summed E-state index contributed by atoms with van der Waals surface area (Å²) in [6.45, 7) is 1.51. The fourth-order valence-electron chi connectivity index (χ4n) is 4.16. The Hall–Kier alpha value is -3.87. The van der Waals surface area contributed by atoms with Crippen LogP contribution in [0.4, 0.5) is 10.1 Å². The number of halogens is 1. The molecule has 0 atom stereocenters. The number of ether oxygens (including phenoxy) is 2. The zero-order valence-corrected chi connectivity index (χ0v) is 19.4. The van der Waals surface area contributed by atoms with Gasteiger partial charge in [0.2, 0.25) is 5.91 Å². The van der Waals surface area contributed by atoms with Crippen LogP contribution in [-0.4, -0.2) is 36.5 Å². The van der Waals surface area contributed by atoms with Crippen molar-refractivity contribution in [2.24, 2.45) is 5.92 Å². The summed E-state index contributed by atoms with van der Waals surface area (Å²) in [5.41, 5.74) is 2.74. The molecule has 2 aliphatic rings. The highest BCUT2D eigenvalue weighted by Gasteiger charge is 2.34. The zero-order valence-electron chi connectivity index (χ0n) is 19.4. The summed E-state index contributed by atoms with van der Waals surface area (Å²) in [6.07, 6.45) is 1.88. The van der Waals surface area contributed by atoms with Crippen molar-refractivity contribution in [3.8, 4) is 11.5 Å². The van der Waals surface area contributed by atoms with Crippen LogP contribution in [0.25, 0.3) is 0 Å². The lowest BCUT2D eigenvalue weighted by Crippen LogP contribution is -2.36. The van der Waals surface area contributed by atoms with Gasteiger partial charge in [-0.15, -0.1) is 0 Å². The molecule has 0 spiro atoms. The number of para-hydroxylation sites is 1. The second kappa shape index (κ2) is 10.2. The molecule has 7 heteroatoms. The van der Waals surface area contributed by atoms with Gasteiger partial charge in [0.25, 0.3) is 5.91 Å². The maximum Gasteiger partial charge on any atom is 0.260 e. The van der Waals surface area contributed by atoms with Crippen LogP contribution in [0.3, 0.4) is 0 Å². The Morgan fingerprint density at radius 1 is 1.03 bits per heavy atom. The van der Waals surface area contributed by atoms with Crippen LogP contribution in [0, 0.1) is 11.7 Å². The maximum absolute atomic E-state index is 13.1. The van der Waals surface area contributed by atoms with Gasteiger partial charge >= 0.3 is 0 Å². The SMILES string of the molecule is O=C(COc1ccc(F)cc1)N1CCOc2ccc(CN(C(=O)C3CC3)c3ccccc3)cc2C1. The Labute approximate surface area is 203 Å². The molecule has 6 nitrogen and oxygen atoms in total. The molecular formula is C28H27FN2O4. The molecule has 1 heterocycles. The van der Waals surface area contributed by atoms with Crippen LogP contribution in [0.1, 0.15) is 24.0 Å². The number of hydrogen-bond acceptors (Lipinski definition) is 4. The van der Waals surface area contributed by atoms with E-state index in [0.29, 0.717) is 32.0 Å². The molecule has 0 unspecified atom stereocenters. The summed E-state index contributed by atoms with van der Waals surface area (Å²) in [5, 5.41) is 0. The normalized spacial score (nSPS) is 14.9. The molecular weight excluding hydrogens is 447 g/mol. The van der Waals surface area contributed by atoms with Gasteiger partial charge in [-0.25, -0.2) is 4.39 Å². The Morgan fingerprint density at radius 2 is 1.80 bits per heavy atom. The Bertz CT molecular complexity index is 1200. The second-order valence-corrected chi connectivity index (χ2v) is 8.88. The minimum absolute atomic E-state index is 0.105. The fraction of sp³-hybridized carbons (Fsp3) is 0.286. The van der Waals surface area contributed by atoms with Crippen LogP contribution in [0.15, 0.2) is 72.8 Å². The Kier molecular flexibility index (Phi) is 6.66. The van der Waals surface area contributed by atoms with Crippen molar-refractivity contribution in [2.75, 3.05) is 24.7 Å². The van der Waals surface area contributed by atoms with E-state index < -0.39 is 0 Å². The van der Waals surface area contributed by atoms with E-state index in [1.165, 1.54) is 24.3 Å². The molecule has 2 amide bonds. The third-order valence-corrected chi connectivity index (χ3v) is 6.23. The van der Waals surface area contributed by atoms with Gasteiger partial charge < -0.3 is 19.3 Å². The highest BCUT2D eigenvalue weighted by atomic mass is 19.1. The fourth-order valence-corrected chi connectivity index (χ4v) is 4.16. The highest BCUT2D eigenvalue weighted by molar-refractivity contribution is 5.96. The van der Waals surface area contributed by atoms with Crippen molar-refractivity contribution in [1.29, 1.82) is 0 Å². The first-order chi connectivity index (χ1) is 17.1. The van der Waals surface area contributed by atoms with Crippen molar-refractivity contribution in [2.45, 2.75) is 25.9 Å². The van der Waals surface area contributed by atoms with E-state index in [4.69, 9.17) is 9.47 Å². The molecule has 5 rings (SSSR count). The van der Waals surface area contributed by atoms with Crippen molar-refractivity contribution in [3.05, 3.63) is 89.7 Å². The number of carbonyl (C=O) groups excluding carboxylic acids is 2. The predicted octanol–water partition coefficient (Wildman–Crippen LogP) is 4.57. The average Bonchev–Trinajstić information content (AvgIpc) is 3.74. The number of anilines is 1. The van der Waals surface area contributed by atoms with E-state index in [2.05, 4.69) is 0 Å². The van der Waals surface area contributed by atoms with Gasteiger partial charge in [0.1, 0.15) is 23.9 Å². The van der Waals surface area contributed by atoms with Crippen LogP contribution in [-0.2, 0) is 22.7 Å². The third kappa shape index (κ3) is 5.62. The summed E-state index contributed by atoms with van der Waals surface area (Å²) in [4.78, 5) is 29.4. The maximum atomic E-state index is 13.1. The first kappa shape index (κ1) is 22.9. The largest absolute Gasteiger partial charge is 0.491 e. The second-order valence-electron chi connectivity index (χ2n) is 8.88. The quantitative estimate of drug-likeness (QED) is 0.504. The first-order valence-electron chi connectivity index (χ1n) is 11.8. The summed E-state index contributed by atoms with van der Waals surface area (Å²) >= 11 is 0. The number of hydrogen-bond donors (Lipinski definition) is 0. The lowest BCUT2D eigenvalue weighted by molar-refractivity contribution is -0.134. The van der Waals surface area contributed by atoms with Gasteiger partial charge in [0.15, 0.2) is 6.61 Å². The lowest BCUT2D eigenvalue weighted by atomic mass is 10.1. The number of nitrogens with zero attached hydrogens (tertiary/aromatic N) is 2. The molecule has 1 aliphatic heterocycles. The molecule has 0 bridgehead atoms. The monoisotopic (exact) mass is 474 g/mol. The molecule has 35 heavy (non-hydrogen) atoms. The Morgan fingerprint density at radius 3 is 2.54 bits per heavy atom. The van der Waals surface area contributed by atoms with Crippen molar-refractivity contribution < 1.29 is 23.5 Å². The Balaban J connectivity index is 1.29. The van der Waals surface area contributed by atoms with E-state index in [0.717, 1.165) is 35.4 Å². The molecule has 0 saturated heterocycles. The van der Waals surface area contributed by atoms with Crippen molar-refractivity contribution >= 4 is 17.5 Å². The van der Waals surface area contributed by atoms with E-state index in [1.54, 1.807) is 4.90 Å². The van der Waals surface area contributed by atoms with E-state index in [1.807, 2.05) is 53.4 Å². The smallest absolute Gasteiger partial charge is 0.260 e. The molecule has 1 saturated carbocycles. The number of fused-ring (bicyclic) bond motifs is 1. The molecule has 0 N–H and O–H groups in total. The van der Waals surface area contributed by atoms with Crippen LogP contribution in [0.2, 0.25) is 0 Å². The molecule has 3 aromatic rings. The van der Waals surface area contributed by atoms with Gasteiger partial charge in [0.05, 0.1) is 13.1 Å². The van der Waals surface area contributed by atoms with Crippen molar-refractivity contribution in [3.63, 3.8) is 0 Å². The highest BCUT2D eigenvalue weighted by Crippen LogP contribution is 2.34. The van der Waals surface area contributed by atoms with Crippen LogP contribution in [0.5, 0.6) is 11.5 Å². The van der Waals surface area contributed by atoms with Crippen molar-refractivity contribution in [1.82, 2.24) is 4.90 Å². The molecule has 1 fully saturated rings. The number of rotatable bonds is 7. The zero-order chi connectivity index (χ0) is 24.2. The van der Waals surface area contributed by atoms with Crippen LogP contribution >= 0.6 is 0 Å². The standard InChI is InChI=1S/C28H27FN2O4/c29-23-9-11-25(12-10-23)35-19-27(32)30-14-15-34-26-13-6-20(16-22(26)18-30)17-31(28(33)21-7-8-21)24-4-2-1-3-5-24/h1-6,9-13,16,21H,7-8,14-15,17-19H2. The van der Waals surface area contributed by atoms with Gasteiger partial charge in [0, 0.05) is 23.7 Å². The first-order valence-corrected chi connectivity index (χ1v) is 11.8. The van der Waals surface area contributed by atoms with Gasteiger partial charge in [-0.2, -0.15) is 0 Å². The van der Waals surface area contributed by atoms with E-state index in [9.17, 15) is 14.0 Å². The predicted molar refractivity (Wildman–Crippen MR) is 130 cm³/mol. The molecule has 180 valence electrons. The number of benzene rings is 3.